The molecule has 1 heterocycles. The minimum absolute atomic E-state index is 0.614. The summed E-state index contributed by atoms with van der Waals surface area (Å²) in [5.74, 6) is 0.868. The van der Waals surface area contributed by atoms with Crippen LogP contribution >= 0.6 is 0 Å². The molecule has 1 fully saturated rings. The summed E-state index contributed by atoms with van der Waals surface area (Å²) in [5, 5.41) is 3.58. The molecule has 0 aromatic heterocycles. The summed E-state index contributed by atoms with van der Waals surface area (Å²) in [6, 6.07) is 7.43. The predicted molar refractivity (Wildman–Crippen MR) is 87.1 cm³/mol. The van der Waals surface area contributed by atoms with E-state index in [4.69, 9.17) is 0 Å². The smallest absolute Gasteiger partial charge is 0.0236 e. The van der Waals surface area contributed by atoms with E-state index < -0.39 is 0 Å². The summed E-state index contributed by atoms with van der Waals surface area (Å²) < 4.78 is 0. The second kappa shape index (κ2) is 7.24. The number of likely N-dealkylation sites (tertiary alicyclic amines) is 1. The SMILES string of the molecule is Cc1ccc(C)c(CN2CCC(CNC(C)C)CC2)c1. The van der Waals surface area contributed by atoms with Crippen molar-refractivity contribution in [1.29, 1.82) is 0 Å². The number of benzene rings is 1. The van der Waals surface area contributed by atoms with Crippen molar-refractivity contribution in [2.45, 2.75) is 53.1 Å². The summed E-state index contributed by atoms with van der Waals surface area (Å²) in [5.41, 5.74) is 4.31. The lowest BCUT2D eigenvalue weighted by Crippen LogP contribution is -2.38. The van der Waals surface area contributed by atoms with Gasteiger partial charge < -0.3 is 5.32 Å². The van der Waals surface area contributed by atoms with Crippen LogP contribution in [-0.2, 0) is 6.54 Å². The molecule has 0 spiro atoms. The number of aryl methyl sites for hydroxylation is 2. The van der Waals surface area contributed by atoms with Crippen LogP contribution in [0.3, 0.4) is 0 Å². The highest BCUT2D eigenvalue weighted by molar-refractivity contribution is 5.30. The Morgan fingerprint density at radius 1 is 1.20 bits per heavy atom. The number of nitrogens with zero attached hydrogens (tertiary/aromatic N) is 1. The van der Waals surface area contributed by atoms with Gasteiger partial charge in [-0.2, -0.15) is 0 Å². The van der Waals surface area contributed by atoms with Crippen molar-refractivity contribution < 1.29 is 0 Å². The highest BCUT2D eigenvalue weighted by Gasteiger charge is 2.19. The van der Waals surface area contributed by atoms with Gasteiger partial charge in [0.2, 0.25) is 0 Å². The second-order valence-electron chi connectivity index (χ2n) is 6.71. The van der Waals surface area contributed by atoms with Crippen LogP contribution in [0.2, 0.25) is 0 Å². The van der Waals surface area contributed by atoms with E-state index in [9.17, 15) is 0 Å². The molecular weight excluding hydrogens is 244 g/mol. The van der Waals surface area contributed by atoms with Crippen molar-refractivity contribution in [2.75, 3.05) is 19.6 Å². The van der Waals surface area contributed by atoms with Gasteiger partial charge in [0.05, 0.1) is 0 Å². The molecule has 1 saturated heterocycles. The minimum Gasteiger partial charge on any atom is -0.314 e. The first-order valence-electron chi connectivity index (χ1n) is 8.06. The first-order valence-corrected chi connectivity index (χ1v) is 8.06. The topological polar surface area (TPSA) is 15.3 Å². The van der Waals surface area contributed by atoms with Crippen LogP contribution in [0.1, 0.15) is 43.4 Å². The Hall–Kier alpha value is -0.860. The van der Waals surface area contributed by atoms with Crippen LogP contribution in [0, 0.1) is 19.8 Å². The fourth-order valence-corrected chi connectivity index (χ4v) is 2.96. The normalized spacial score (nSPS) is 17.9. The van der Waals surface area contributed by atoms with Crippen molar-refractivity contribution in [2.24, 2.45) is 5.92 Å². The molecule has 1 aliphatic heterocycles. The lowest BCUT2D eigenvalue weighted by atomic mass is 9.95. The molecule has 1 N–H and O–H groups in total. The van der Waals surface area contributed by atoms with Crippen LogP contribution in [0.15, 0.2) is 18.2 Å². The van der Waals surface area contributed by atoms with Crippen molar-refractivity contribution >= 4 is 0 Å². The third kappa shape index (κ3) is 4.60. The standard InChI is InChI=1S/C18H30N2/c1-14(2)19-12-17-7-9-20(10-8-17)13-18-11-15(3)5-6-16(18)4/h5-6,11,14,17,19H,7-10,12-13H2,1-4H3. The molecule has 1 aromatic carbocycles. The molecule has 20 heavy (non-hydrogen) atoms. The van der Waals surface area contributed by atoms with E-state index in [1.807, 2.05) is 0 Å². The lowest BCUT2D eigenvalue weighted by molar-refractivity contribution is 0.174. The zero-order chi connectivity index (χ0) is 14.5. The molecule has 1 aliphatic rings. The molecule has 1 aromatic rings. The molecule has 2 rings (SSSR count). The van der Waals surface area contributed by atoms with Gasteiger partial charge in [-0.05, 0) is 63.4 Å². The second-order valence-corrected chi connectivity index (χ2v) is 6.71. The maximum atomic E-state index is 3.58. The van der Waals surface area contributed by atoms with Gasteiger partial charge in [0, 0.05) is 12.6 Å². The maximum Gasteiger partial charge on any atom is 0.0236 e. The number of rotatable bonds is 5. The molecule has 0 bridgehead atoms. The third-order valence-electron chi connectivity index (χ3n) is 4.42. The molecule has 0 atom stereocenters. The van der Waals surface area contributed by atoms with Crippen LogP contribution in [0.5, 0.6) is 0 Å². The summed E-state index contributed by atoms with van der Waals surface area (Å²) in [6.07, 6.45) is 2.68. The third-order valence-corrected chi connectivity index (χ3v) is 4.42. The Labute approximate surface area is 124 Å². The van der Waals surface area contributed by atoms with Crippen molar-refractivity contribution in [1.82, 2.24) is 10.2 Å². The average Bonchev–Trinajstić information content (AvgIpc) is 2.42. The number of piperidine rings is 1. The van der Waals surface area contributed by atoms with Crippen LogP contribution in [-0.4, -0.2) is 30.6 Å². The van der Waals surface area contributed by atoms with E-state index in [1.54, 1.807) is 0 Å². The fraction of sp³-hybridized carbons (Fsp3) is 0.667. The molecule has 2 nitrogen and oxygen atoms in total. The van der Waals surface area contributed by atoms with Gasteiger partial charge in [-0.15, -0.1) is 0 Å². The van der Waals surface area contributed by atoms with Gasteiger partial charge in [0.15, 0.2) is 0 Å². The van der Waals surface area contributed by atoms with Crippen molar-refractivity contribution in [3.05, 3.63) is 34.9 Å². The molecule has 0 aliphatic carbocycles. The van der Waals surface area contributed by atoms with E-state index in [0.717, 1.165) is 12.5 Å². The molecule has 0 unspecified atom stereocenters. The van der Waals surface area contributed by atoms with Gasteiger partial charge in [-0.1, -0.05) is 37.6 Å². The quantitative estimate of drug-likeness (QED) is 0.884. The summed E-state index contributed by atoms with van der Waals surface area (Å²) in [4.78, 5) is 2.62. The van der Waals surface area contributed by atoms with E-state index in [-0.39, 0.29) is 0 Å². The molecule has 0 radical (unpaired) electrons. The Bertz CT molecular complexity index is 417. The first kappa shape index (κ1) is 15.5. The van der Waals surface area contributed by atoms with Crippen LogP contribution < -0.4 is 5.32 Å². The lowest BCUT2D eigenvalue weighted by Gasteiger charge is -2.32. The predicted octanol–water partition coefficient (Wildman–Crippen LogP) is 3.51. The molecule has 0 saturated carbocycles. The molecule has 2 heteroatoms. The Morgan fingerprint density at radius 2 is 1.90 bits per heavy atom. The summed E-state index contributed by atoms with van der Waals surface area (Å²) >= 11 is 0. The zero-order valence-electron chi connectivity index (χ0n) is 13.6. The Morgan fingerprint density at radius 3 is 2.55 bits per heavy atom. The van der Waals surface area contributed by atoms with Gasteiger partial charge in [-0.3, -0.25) is 4.90 Å². The average molecular weight is 274 g/mol. The number of hydrogen-bond acceptors (Lipinski definition) is 2. The van der Waals surface area contributed by atoms with Crippen molar-refractivity contribution in [3.8, 4) is 0 Å². The van der Waals surface area contributed by atoms with Gasteiger partial charge in [0.25, 0.3) is 0 Å². The Kier molecular flexibility index (Phi) is 5.62. The van der Waals surface area contributed by atoms with Crippen LogP contribution in [0.4, 0.5) is 0 Å². The summed E-state index contributed by atoms with van der Waals surface area (Å²) in [6.45, 7) is 13.7. The number of hydrogen-bond donors (Lipinski definition) is 1. The minimum atomic E-state index is 0.614. The first-order chi connectivity index (χ1) is 9.54. The van der Waals surface area contributed by atoms with Crippen LogP contribution in [0.25, 0.3) is 0 Å². The van der Waals surface area contributed by atoms with E-state index in [2.05, 4.69) is 56.1 Å². The van der Waals surface area contributed by atoms with Gasteiger partial charge >= 0.3 is 0 Å². The zero-order valence-corrected chi connectivity index (χ0v) is 13.6. The number of nitrogens with one attached hydrogen (secondary N) is 1. The van der Waals surface area contributed by atoms with Gasteiger partial charge in [0.1, 0.15) is 0 Å². The maximum absolute atomic E-state index is 3.58. The van der Waals surface area contributed by atoms with Gasteiger partial charge in [-0.25, -0.2) is 0 Å². The van der Waals surface area contributed by atoms with E-state index >= 15 is 0 Å². The molecule has 0 amide bonds. The largest absolute Gasteiger partial charge is 0.314 e. The van der Waals surface area contributed by atoms with E-state index in [1.165, 1.54) is 49.2 Å². The molecule has 112 valence electrons. The van der Waals surface area contributed by atoms with Crippen molar-refractivity contribution in [3.63, 3.8) is 0 Å². The molecular formula is C18H30N2. The summed E-state index contributed by atoms with van der Waals surface area (Å²) in [7, 11) is 0. The highest BCUT2D eigenvalue weighted by atomic mass is 15.1. The van der Waals surface area contributed by atoms with E-state index in [0.29, 0.717) is 6.04 Å². The monoisotopic (exact) mass is 274 g/mol. The fourth-order valence-electron chi connectivity index (χ4n) is 2.96. The highest BCUT2D eigenvalue weighted by Crippen LogP contribution is 2.20. The Balaban J connectivity index is 1.81.